The molecule has 1 unspecified atom stereocenters. The molecule has 2 saturated heterocycles. The number of rotatable bonds is 3. The zero-order valence-corrected chi connectivity index (χ0v) is 20.0. The smallest absolute Gasteiger partial charge is 0.115 e. The standard InChI is InChI=1S/C31H36N2O/c34-27-13-15-29-25(20-27)10-14-28(23-6-2-1-3-7-23)30(29)24-8-11-26(12-9-24)33-19-5-17-31(22-33)16-4-18-32-21-31/h1-3,6-9,11-13,15,20,28,30,32,34H,4-5,10,14,16-19,21-22H2/t28-,30+,31?/m1/s1. The minimum Gasteiger partial charge on any atom is -0.508 e. The summed E-state index contributed by atoms with van der Waals surface area (Å²) in [7, 11) is 0. The molecule has 1 aliphatic carbocycles. The summed E-state index contributed by atoms with van der Waals surface area (Å²) in [6.07, 6.45) is 7.44. The minimum absolute atomic E-state index is 0.316. The molecule has 176 valence electrons. The third kappa shape index (κ3) is 4.11. The van der Waals surface area contributed by atoms with Crippen LogP contribution in [0.25, 0.3) is 0 Å². The number of phenols is 1. The van der Waals surface area contributed by atoms with E-state index in [1.807, 2.05) is 12.1 Å². The molecule has 0 amide bonds. The van der Waals surface area contributed by atoms with Crippen LogP contribution in [0.1, 0.15) is 66.2 Å². The molecule has 3 aliphatic rings. The molecule has 0 bridgehead atoms. The number of fused-ring (bicyclic) bond motifs is 1. The van der Waals surface area contributed by atoms with Gasteiger partial charge >= 0.3 is 0 Å². The van der Waals surface area contributed by atoms with Crippen LogP contribution in [0.3, 0.4) is 0 Å². The first kappa shape index (κ1) is 21.7. The monoisotopic (exact) mass is 452 g/mol. The summed E-state index contributed by atoms with van der Waals surface area (Å²) < 4.78 is 0. The van der Waals surface area contributed by atoms with Crippen molar-refractivity contribution in [1.29, 1.82) is 0 Å². The molecule has 3 aromatic carbocycles. The molecule has 3 atom stereocenters. The number of benzene rings is 3. The highest BCUT2D eigenvalue weighted by Crippen LogP contribution is 2.47. The van der Waals surface area contributed by atoms with Crippen LogP contribution in [0.15, 0.2) is 72.8 Å². The second kappa shape index (κ2) is 9.11. The van der Waals surface area contributed by atoms with E-state index in [4.69, 9.17) is 0 Å². The van der Waals surface area contributed by atoms with Crippen molar-refractivity contribution in [3.63, 3.8) is 0 Å². The summed E-state index contributed by atoms with van der Waals surface area (Å²) >= 11 is 0. The van der Waals surface area contributed by atoms with Crippen molar-refractivity contribution in [2.45, 2.75) is 50.4 Å². The van der Waals surface area contributed by atoms with Crippen LogP contribution in [0.2, 0.25) is 0 Å². The van der Waals surface area contributed by atoms with E-state index in [0.29, 0.717) is 23.0 Å². The first-order chi connectivity index (χ1) is 16.7. The van der Waals surface area contributed by atoms with Gasteiger partial charge in [0, 0.05) is 36.7 Å². The minimum atomic E-state index is 0.316. The molecular weight excluding hydrogens is 416 g/mol. The number of hydrogen-bond donors (Lipinski definition) is 2. The average molecular weight is 453 g/mol. The third-order valence-corrected chi connectivity index (χ3v) is 8.66. The molecule has 0 radical (unpaired) electrons. The zero-order valence-electron chi connectivity index (χ0n) is 20.0. The van der Waals surface area contributed by atoms with Gasteiger partial charge in [-0.2, -0.15) is 0 Å². The van der Waals surface area contributed by atoms with Gasteiger partial charge in [0.25, 0.3) is 0 Å². The van der Waals surface area contributed by atoms with Gasteiger partial charge < -0.3 is 15.3 Å². The third-order valence-electron chi connectivity index (χ3n) is 8.66. The maximum absolute atomic E-state index is 10.1. The molecule has 34 heavy (non-hydrogen) atoms. The fraction of sp³-hybridized carbons (Fsp3) is 0.419. The van der Waals surface area contributed by atoms with Crippen LogP contribution in [0, 0.1) is 5.41 Å². The molecule has 2 heterocycles. The summed E-state index contributed by atoms with van der Waals surface area (Å²) in [6, 6.07) is 26.5. The Morgan fingerprint density at radius 1 is 0.882 bits per heavy atom. The fourth-order valence-electron chi connectivity index (χ4n) is 6.98. The van der Waals surface area contributed by atoms with Crippen LogP contribution in [0.4, 0.5) is 5.69 Å². The summed E-state index contributed by atoms with van der Waals surface area (Å²) in [4.78, 5) is 2.63. The highest BCUT2D eigenvalue weighted by atomic mass is 16.3. The molecule has 3 heteroatoms. The summed E-state index contributed by atoms with van der Waals surface area (Å²) in [5.74, 6) is 1.15. The lowest BCUT2D eigenvalue weighted by molar-refractivity contribution is 0.173. The van der Waals surface area contributed by atoms with Gasteiger partial charge in [0.1, 0.15) is 5.75 Å². The predicted octanol–water partition coefficient (Wildman–Crippen LogP) is 6.22. The van der Waals surface area contributed by atoms with E-state index in [1.54, 1.807) is 0 Å². The number of nitrogens with one attached hydrogen (secondary N) is 1. The van der Waals surface area contributed by atoms with Crippen molar-refractivity contribution in [3.8, 4) is 5.75 Å². The number of anilines is 1. The van der Waals surface area contributed by atoms with Crippen molar-refractivity contribution in [2.75, 3.05) is 31.1 Å². The molecule has 1 spiro atoms. The molecule has 0 saturated carbocycles. The van der Waals surface area contributed by atoms with Gasteiger partial charge in [-0.15, -0.1) is 0 Å². The Labute approximate surface area is 203 Å². The van der Waals surface area contributed by atoms with Gasteiger partial charge in [-0.1, -0.05) is 48.5 Å². The normalized spacial score (nSPS) is 26.9. The fourth-order valence-corrected chi connectivity index (χ4v) is 6.98. The number of hydrogen-bond acceptors (Lipinski definition) is 3. The van der Waals surface area contributed by atoms with E-state index in [0.717, 1.165) is 12.8 Å². The highest BCUT2D eigenvalue weighted by molar-refractivity contribution is 5.53. The van der Waals surface area contributed by atoms with Crippen LogP contribution >= 0.6 is 0 Å². The summed E-state index contributed by atoms with van der Waals surface area (Å²) in [6.45, 7) is 4.70. The molecule has 3 nitrogen and oxygen atoms in total. The Morgan fingerprint density at radius 2 is 1.71 bits per heavy atom. The summed E-state index contributed by atoms with van der Waals surface area (Å²) in [5.41, 5.74) is 7.29. The first-order valence-electron chi connectivity index (χ1n) is 13.1. The molecular formula is C31H36N2O. The quantitative estimate of drug-likeness (QED) is 0.495. The lowest BCUT2D eigenvalue weighted by Crippen LogP contribution is -2.51. The number of aryl methyl sites for hydroxylation is 1. The van der Waals surface area contributed by atoms with E-state index >= 15 is 0 Å². The first-order valence-corrected chi connectivity index (χ1v) is 13.1. The maximum Gasteiger partial charge on any atom is 0.115 e. The maximum atomic E-state index is 10.1. The number of aromatic hydroxyl groups is 1. The molecule has 2 N–H and O–H groups in total. The van der Waals surface area contributed by atoms with Gasteiger partial charge in [-0.05, 0) is 97.5 Å². The Kier molecular flexibility index (Phi) is 5.82. The number of nitrogens with zero attached hydrogens (tertiary/aromatic N) is 1. The van der Waals surface area contributed by atoms with Gasteiger partial charge in [0.15, 0.2) is 0 Å². The van der Waals surface area contributed by atoms with Gasteiger partial charge in [0.05, 0.1) is 0 Å². The van der Waals surface area contributed by atoms with Crippen LogP contribution in [-0.4, -0.2) is 31.3 Å². The van der Waals surface area contributed by atoms with E-state index in [9.17, 15) is 5.11 Å². The average Bonchev–Trinajstić information content (AvgIpc) is 2.89. The molecule has 6 rings (SSSR count). The zero-order chi connectivity index (χ0) is 23.0. The van der Waals surface area contributed by atoms with Gasteiger partial charge in [-0.3, -0.25) is 0 Å². The van der Waals surface area contributed by atoms with Crippen molar-refractivity contribution in [3.05, 3.63) is 95.1 Å². The van der Waals surface area contributed by atoms with Gasteiger partial charge in [0.2, 0.25) is 0 Å². The Hall–Kier alpha value is -2.78. The Balaban J connectivity index is 1.31. The van der Waals surface area contributed by atoms with E-state index in [-0.39, 0.29) is 0 Å². The van der Waals surface area contributed by atoms with Crippen LogP contribution in [0.5, 0.6) is 5.75 Å². The van der Waals surface area contributed by atoms with Crippen molar-refractivity contribution in [2.24, 2.45) is 5.41 Å². The van der Waals surface area contributed by atoms with Crippen molar-refractivity contribution >= 4 is 5.69 Å². The van der Waals surface area contributed by atoms with Crippen molar-refractivity contribution < 1.29 is 5.11 Å². The van der Waals surface area contributed by atoms with Crippen LogP contribution < -0.4 is 10.2 Å². The molecule has 0 aromatic heterocycles. The van der Waals surface area contributed by atoms with Crippen molar-refractivity contribution in [1.82, 2.24) is 5.32 Å². The van der Waals surface area contributed by atoms with E-state index in [1.165, 1.54) is 79.8 Å². The number of piperidine rings is 2. The number of phenolic OH excluding ortho intramolecular Hbond substituents is 1. The topological polar surface area (TPSA) is 35.5 Å². The lowest BCUT2D eigenvalue weighted by atomic mass is 9.69. The van der Waals surface area contributed by atoms with E-state index in [2.05, 4.69) is 70.9 Å². The Bertz CT molecular complexity index is 1110. The lowest BCUT2D eigenvalue weighted by Gasteiger charge is -2.46. The van der Waals surface area contributed by atoms with Gasteiger partial charge in [-0.25, -0.2) is 0 Å². The summed E-state index contributed by atoms with van der Waals surface area (Å²) in [5, 5.41) is 13.8. The van der Waals surface area contributed by atoms with Crippen LogP contribution in [-0.2, 0) is 6.42 Å². The molecule has 2 aliphatic heterocycles. The predicted molar refractivity (Wildman–Crippen MR) is 140 cm³/mol. The molecule has 2 fully saturated rings. The second-order valence-electron chi connectivity index (χ2n) is 10.8. The molecule has 3 aromatic rings. The van der Waals surface area contributed by atoms with E-state index < -0.39 is 0 Å². The largest absolute Gasteiger partial charge is 0.508 e. The SMILES string of the molecule is Oc1ccc2c(c1)CC[C@H](c1ccccc1)[C@@H]2c1ccc(N2CCCC3(CCCNC3)C2)cc1. The highest BCUT2D eigenvalue weighted by Gasteiger charge is 2.37. The second-order valence-corrected chi connectivity index (χ2v) is 10.8. The Morgan fingerprint density at radius 3 is 2.50 bits per heavy atom.